The number of pyridine rings is 1. The van der Waals surface area contributed by atoms with Gasteiger partial charge in [0.2, 0.25) is 5.88 Å². The Bertz CT molecular complexity index is 1040. The van der Waals surface area contributed by atoms with Crippen molar-refractivity contribution in [3.63, 3.8) is 0 Å². The minimum absolute atomic E-state index is 0.0317. The zero-order chi connectivity index (χ0) is 25.0. The number of ether oxygens (including phenoxy) is 2. The number of nitrogens with zero attached hydrogens (tertiary/aromatic N) is 2. The molecule has 2 aromatic carbocycles. The van der Waals surface area contributed by atoms with Crippen molar-refractivity contribution in [2.24, 2.45) is 0 Å². The SMILES string of the molecule is CCCC(CCC)Oc1ccc(C(F)(F)F)cn1.Cc1ccc(Oc2ccccc2)cc1C#N. The number of rotatable bonds is 8. The van der Waals surface area contributed by atoms with Crippen molar-refractivity contribution < 1.29 is 22.6 Å². The topological polar surface area (TPSA) is 55.1 Å². The zero-order valence-corrected chi connectivity index (χ0v) is 19.6. The van der Waals surface area contributed by atoms with Crippen molar-refractivity contribution in [2.45, 2.75) is 58.7 Å². The normalized spacial score (nSPS) is 10.8. The molecule has 3 rings (SSSR count). The van der Waals surface area contributed by atoms with Crippen LogP contribution in [0.25, 0.3) is 0 Å². The van der Waals surface area contributed by atoms with E-state index >= 15 is 0 Å². The van der Waals surface area contributed by atoms with Gasteiger partial charge < -0.3 is 9.47 Å². The Hall–Kier alpha value is -3.53. The summed E-state index contributed by atoms with van der Waals surface area (Å²) in [5.74, 6) is 1.72. The molecule has 180 valence electrons. The summed E-state index contributed by atoms with van der Waals surface area (Å²) in [6, 6.07) is 19.4. The van der Waals surface area contributed by atoms with Crippen molar-refractivity contribution in [3.8, 4) is 23.4 Å². The summed E-state index contributed by atoms with van der Waals surface area (Å²) in [6.07, 6.45) is 0.218. The first kappa shape index (κ1) is 26.7. The minimum Gasteiger partial charge on any atom is -0.474 e. The number of alkyl halides is 3. The lowest BCUT2D eigenvalue weighted by atomic mass is 10.1. The van der Waals surface area contributed by atoms with Crippen molar-refractivity contribution in [2.75, 3.05) is 0 Å². The molecule has 0 N–H and O–H groups in total. The van der Waals surface area contributed by atoms with Gasteiger partial charge in [0.15, 0.2) is 0 Å². The van der Waals surface area contributed by atoms with Crippen LogP contribution in [0.1, 0.15) is 56.2 Å². The Labute approximate surface area is 199 Å². The molecule has 0 fully saturated rings. The molecule has 0 aliphatic rings. The van der Waals surface area contributed by atoms with Crippen molar-refractivity contribution in [1.29, 1.82) is 5.26 Å². The molecule has 0 aliphatic carbocycles. The van der Waals surface area contributed by atoms with Crippen LogP contribution in [0.15, 0.2) is 66.9 Å². The van der Waals surface area contributed by atoms with E-state index in [2.05, 4.69) is 11.1 Å². The van der Waals surface area contributed by atoms with Crippen molar-refractivity contribution in [3.05, 3.63) is 83.6 Å². The highest BCUT2D eigenvalue weighted by Gasteiger charge is 2.30. The van der Waals surface area contributed by atoms with E-state index in [1.54, 1.807) is 6.07 Å². The van der Waals surface area contributed by atoms with Gasteiger partial charge in [-0.05, 0) is 55.7 Å². The predicted molar refractivity (Wildman–Crippen MR) is 126 cm³/mol. The van der Waals surface area contributed by atoms with E-state index in [0.29, 0.717) is 11.3 Å². The fourth-order valence-electron chi connectivity index (χ4n) is 3.10. The molecule has 7 heteroatoms. The zero-order valence-electron chi connectivity index (χ0n) is 19.6. The Morgan fingerprint density at radius 3 is 2.15 bits per heavy atom. The Morgan fingerprint density at radius 1 is 0.941 bits per heavy atom. The Kier molecular flexibility index (Phi) is 10.4. The van der Waals surface area contributed by atoms with Crippen molar-refractivity contribution >= 4 is 0 Å². The fourth-order valence-corrected chi connectivity index (χ4v) is 3.10. The molecule has 0 spiro atoms. The largest absolute Gasteiger partial charge is 0.474 e. The molecule has 1 aromatic heterocycles. The Balaban J connectivity index is 0.000000241. The van der Waals surface area contributed by atoms with Crippen LogP contribution in [0, 0.1) is 18.3 Å². The maximum absolute atomic E-state index is 12.3. The molecule has 0 bridgehead atoms. The molecule has 0 atom stereocenters. The van der Waals surface area contributed by atoms with Crippen LogP contribution in [0.3, 0.4) is 0 Å². The lowest BCUT2D eigenvalue weighted by Gasteiger charge is -2.17. The second-order valence-electron chi connectivity index (χ2n) is 7.70. The van der Waals surface area contributed by atoms with Crippen LogP contribution in [0.4, 0.5) is 13.2 Å². The summed E-state index contributed by atoms with van der Waals surface area (Å²) >= 11 is 0. The monoisotopic (exact) mass is 470 g/mol. The van der Waals surface area contributed by atoms with Crippen LogP contribution in [-0.2, 0) is 6.18 Å². The number of aromatic nitrogens is 1. The van der Waals surface area contributed by atoms with Crippen LogP contribution in [-0.4, -0.2) is 11.1 Å². The van der Waals surface area contributed by atoms with Crippen LogP contribution in [0.2, 0.25) is 0 Å². The third-order valence-electron chi connectivity index (χ3n) is 4.88. The molecule has 0 amide bonds. The van der Waals surface area contributed by atoms with E-state index in [1.165, 1.54) is 6.07 Å². The fraction of sp³-hybridized carbons (Fsp3) is 0.333. The highest BCUT2D eigenvalue weighted by Crippen LogP contribution is 2.29. The number of benzene rings is 2. The highest BCUT2D eigenvalue weighted by atomic mass is 19.4. The van der Waals surface area contributed by atoms with Gasteiger partial charge in [-0.25, -0.2) is 4.98 Å². The number of nitriles is 1. The number of hydrogen-bond donors (Lipinski definition) is 0. The van der Waals surface area contributed by atoms with Gasteiger partial charge in [-0.15, -0.1) is 0 Å². The van der Waals surface area contributed by atoms with Crippen LogP contribution in [0.5, 0.6) is 17.4 Å². The van der Waals surface area contributed by atoms with Crippen LogP contribution >= 0.6 is 0 Å². The van der Waals surface area contributed by atoms with Gasteiger partial charge in [0.05, 0.1) is 17.2 Å². The predicted octanol–water partition coefficient (Wildman–Crippen LogP) is 8.11. The second-order valence-corrected chi connectivity index (χ2v) is 7.70. The quantitative estimate of drug-likeness (QED) is 0.334. The second kappa shape index (κ2) is 13.2. The van der Waals surface area contributed by atoms with E-state index in [4.69, 9.17) is 14.7 Å². The summed E-state index contributed by atoms with van der Waals surface area (Å²) in [7, 11) is 0. The van der Waals surface area contributed by atoms with E-state index in [0.717, 1.165) is 49.3 Å². The minimum atomic E-state index is -4.35. The first-order valence-electron chi connectivity index (χ1n) is 11.2. The Morgan fingerprint density at radius 2 is 1.62 bits per heavy atom. The van der Waals surface area contributed by atoms with Crippen molar-refractivity contribution in [1.82, 2.24) is 4.98 Å². The molecule has 0 unspecified atom stereocenters. The molecule has 1 heterocycles. The third kappa shape index (κ3) is 8.78. The van der Waals surface area contributed by atoms with Gasteiger partial charge in [0, 0.05) is 12.3 Å². The van der Waals surface area contributed by atoms with E-state index in [-0.39, 0.29) is 12.0 Å². The number of hydrogen-bond acceptors (Lipinski definition) is 4. The lowest BCUT2D eigenvalue weighted by molar-refractivity contribution is -0.137. The molecule has 0 saturated heterocycles. The van der Waals surface area contributed by atoms with Gasteiger partial charge in [-0.1, -0.05) is 51.0 Å². The smallest absolute Gasteiger partial charge is 0.417 e. The molecule has 3 aromatic rings. The van der Waals surface area contributed by atoms with Gasteiger partial charge >= 0.3 is 6.18 Å². The maximum Gasteiger partial charge on any atom is 0.417 e. The first-order valence-corrected chi connectivity index (χ1v) is 11.2. The van der Waals surface area contributed by atoms with E-state index < -0.39 is 11.7 Å². The molecule has 0 aliphatic heterocycles. The lowest BCUT2D eigenvalue weighted by Crippen LogP contribution is -2.16. The van der Waals surface area contributed by atoms with Gasteiger partial charge in [0.25, 0.3) is 0 Å². The average molecular weight is 471 g/mol. The summed E-state index contributed by atoms with van der Waals surface area (Å²) < 4.78 is 48.2. The highest BCUT2D eigenvalue weighted by molar-refractivity contribution is 5.43. The maximum atomic E-state index is 12.3. The number of halogens is 3. The molecular formula is C27H29F3N2O2. The standard InChI is InChI=1S/C14H11NO.C13H18F3NO/c1-11-7-8-14(9-12(11)10-15)16-13-5-3-2-4-6-13;1-3-5-11(6-4-2)18-12-8-7-10(9-17-12)13(14,15)16/h2-9H,1H3;7-9,11H,3-6H2,1-2H3. The summed E-state index contributed by atoms with van der Waals surface area (Å²) in [6.45, 7) is 6.00. The van der Waals surface area contributed by atoms with Gasteiger partial charge in [-0.2, -0.15) is 18.4 Å². The van der Waals surface area contributed by atoms with E-state index in [1.807, 2.05) is 63.2 Å². The molecule has 34 heavy (non-hydrogen) atoms. The summed E-state index contributed by atoms with van der Waals surface area (Å²) in [5, 5.41) is 8.90. The number of para-hydroxylation sites is 1. The first-order chi connectivity index (χ1) is 16.3. The molecule has 0 radical (unpaired) electrons. The third-order valence-corrected chi connectivity index (χ3v) is 4.88. The summed E-state index contributed by atoms with van der Waals surface area (Å²) in [4.78, 5) is 3.71. The van der Waals surface area contributed by atoms with E-state index in [9.17, 15) is 13.2 Å². The molecule has 0 saturated carbocycles. The summed E-state index contributed by atoms with van der Waals surface area (Å²) in [5.41, 5.74) is 0.855. The van der Waals surface area contributed by atoms with Gasteiger partial charge in [0.1, 0.15) is 17.6 Å². The molecule has 4 nitrogen and oxygen atoms in total. The molecular weight excluding hydrogens is 441 g/mol. The van der Waals surface area contributed by atoms with Crippen LogP contribution < -0.4 is 9.47 Å². The average Bonchev–Trinajstić information content (AvgIpc) is 2.81. The van der Waals surface area contributed by atoms with Gasteiger partial charge in [-0.3, -0.25) is 0 Å². The number of aryl methyl sites for hydroxylation is 1.